The zero-order valence-electron chi connectivity index (χ0n) is 21.8. The van der Waals surface area contributed by atoms with Crippen molar-refractivity contribution in [3.8, 4) is 17.5 Å². The molecule has 2 aliphatic heterocycles. The predicted molar refractivity (Wildman–Crippen MR) is 134 cm³/mol. The van der Waals surface area contributed by atoms with E-state index in [1.807, 2.05) is 6.07 Å². The molecule has 0 unspecified atom stereocenters. The van der Waals surface area contributed by atoms with E-state index in [4.69, 9.17) is 9.47 Å². The average Bonchev–Trinajstić information content (AvgIpc) is 3.35. The summed E-state index contributed by atoms with van der Waals surface area (Å²) in [6, 6.07) is 7.17. The summed E-state index contributed by atoms with van der Waals surface area (Å²) in [5, 5.41) is 15.2. The second-order valence-electron chi connectivity index (χ2n) is 10.2. The molecule has 0 aliphatic carbocycles. The number of rotatable bonds is 3. The fraction of sp³-hybridized carbons (Fsp3) is 0.481. The number of carbonyl (C=O) groups is 3. The van der Waals surface area contributed by atoms with Gasteiger partial charge in [-0.05, 0) is 45.9 Å². The van der Waals surface area contributed by atoms with Gasteiger partial charge in [0.1, 0.15) is 5.60 Å². The number of esters is 1. The number of amides is 2. The quantitative estimate of drug-likeness (QED) is 0.500. The van der Waals surface area contributed by atoms with Gasteiger partial charge in [-0.3, -0.25) is 4.79 Å². The Labute approximate surface area is 216 Å². The van der Waals surface area contributed by atoms with Crippen LogP contribution < -0.4 is 0 Å². The lowest BCUT2D eigenvalue weighted by molar-refractivity contribution is -0.137. The Balaban J connectivity index is 1.68. The summed E-state index contributed by atoms with van der Waals surface area (Å²) in [6.45, 7) is 8.33. The standard InChI is InChI=1S/C27H32N4O6/c1-6-36-23(32)22-20-17-30(25(34)37-26(2,3)4)14-11-21(20)31(28-22)19-9-7-8-18(16-19)10-12-27(35)13-15-29(5)24(27)33/h7-9,16,35H,6,11,13-15,17H2,1-5H3/t27-/m0/s1. The van der Waals surface area contributed by atoms with E-state index in [-0.39, 0.29) is 25.3 Å². The van der Waals surface area contributed by atoms with Crippen LogP contribution in [-0.4, -0.2) is 80.6 Å². The molecule has 4 rings (SSSR count). The first-order valence-electron chi connectivity index (χ1n) is 12.3. The molecule has 37 heavy (non-hydrogen) atoms. The van der Waals surface area contributed by atoms with Gasteiger partial charge in [-0.15, -0.1) is 0 Å². The van der Waals surface area contributed by atoms with Crippen LogP contribution >= 0.6 is 0 Å². The Bertz CT molecular complexity index is 1300. The topological polar surface area (TPSA) is 114 Å². The van der Waals surface area contributed by atoms with Crippen LogP contribution in [0.3, 0.4) is 0 Å². The van der Waals surface area contributed by atoms with Crippen LogP contribution in [0.1, 0.15) is 61.4 Å². The van der Waals surface area contributed by atoms with Gasteiger partial charge in [-0.25, -0.2) is 14.3 Å². The first-order chi connectivity index (χ1) is 17.4. The van der Waals surface area contributed by atoms with Crippen LogP contribution in [0, 0.1) is 11.8 Å². The minimum atomic E-state index is -1.70. The van der Waals surface area contributed by atoms with Crippen LogP contribution in [0.25, 0.3) is 5.69 Å². The summed E-state index contributed by atoms with van der Waals surface area (Å²) in [6.07, 6.45) is 0.249. The maximum atomic E-state index is 12.8. The molecule has 2 aliphatic rings. The number of aromatic nitrogens is 2. The summed E-state index contributed by atoms with van der Waals surface area (Å²) in [5.74, 6) is 4.66. The van der Waals surface area contributed by atoms with Gasteiger partial charge in [0.05, 0.1) is 24.5 Å². The fourth-order valence-corrected chi connectivity index (χ4v) is 4.34. The van der Waals surface area contributed by atoms with Gasteiger partial charge in [0.25, 0.3) is 5.91 Å². The van der Waals surface area contributed by atoms with Gasteiger partial charge >= 0.3 is 12.1 Å². The Morgan fingerprint density at radius 2 is 2.00 bits per heavy atom. The third-order valence-electron chi connectivity index (χ3n) is 6.19. The van der Waals surface area contributed by atoms with Crippen molar-refractivity contribution >= 4 is 18.0 Å². The molecule has 196 valence electrons. The van der Waals surface area contributed by atoms with Crippen molar-refractivity contribution in [2.24, 2.45) is 0 Å². The molecule has 1 atom stereocenters. The second-order valence-corrected chi connectivity index (χ2v) is 10.2. The molecule has 1 saturated heterocycles. The molecule has 0 radical (unpaired) electrons. The third-order valence-corrected chi connectivity index (χ3v) is 6.19. The zero-order chi connectivity index (χ0) is 27.0. The third kappa shape index (κ3) is 5.47. The fourth-order valence-electron chi connectivity index (χ4n) is 4.34. The van der Waals surface area contributed by atoms with Gasteiger partial charge in [0.2, 0.25) is 5.60 Å². The molecule has 0 saturated carbocycles. The smallest absolute Gasteiger partial charge is 0.410 e. The molecule has 10 nitrogen and oxygen atoms in total. The minimum absolute atomic E-state index is 0.149. The normalized spacial score (nSPS) is 19.2. The van der Waals surface area contributed by atoms with Crippen LogP contribution in [0.15, 0.2) is 24.3 Å². The number of benzene rings is 1. The van der Waals surface area contributed by atoms with E-state index in [9.17, 15) is 19.5 Å². The molecule has 1 fully saturated rings. The van der Waals surface area contributed by atoms with Gasteiger partial charge in [-0.1, -0.05) is 17.9 Å². The monoisotopic (exact) mass is 508 g/mol. The van der Waals surface area contributed by atoms with E-state index < -0.39 is 29.2 Å². The Kier molecular flexibility index (Phi) is 7.02. The number of nitrogens with zero attached hydrogens (tertiary/aromatic N) is 4. The summed E-state index contributed by atoms with van der Waals surface area (Å²) in [4.78, 5) is 40.7. The molecule has 0 bridgehead atoms. The molecule has 1 N–H and O–H groups in total. The summed E-state index contributed by atoms with van der Waals surface area (Å²) in [7, 11) is 1.63. The lowest BCUT2D eigenvalue weighted by atomic mass is 10.0. The van der Waals surface area contributed by atoms with Crippen LogP contribution in [-0.2, 0) is 27.2 Å². The van der Waals surface area contributed by atoms with E-state index in [1.54, 1.807) is 62.5 Å². The molecular formula is C27H32N4O6. The Morgan fingerprint density at radius 3 is 2.65 bits per heavy atom. The average molecular weight is 509 g/mol. The molecule has 2 amide bonds. The van der Waals surface area contributed by atoms with E-state index >= 15 is 0 Å². The lowest BCUT2D eigenvalue weighted by Gasteiger charge is -2.30. The number of hydrogen-bond acceptors (Lipinski definition) is 7. The lowest BCUT2D eigenvalue weighted by Crippen LogP contribution is -2.40. The predicted octanol–water partition coefficient (Wildman–Crippen LogP) is 2.29. The number of carbonyl (C=O) groups excluding carboxylic acids is 3. The summed E-state index contributed by atoms with van der Waals surface area (Å²) in [5.41, 5.74) is 0.458. The van der Waals surface area contributed by atoms with Crippen molar-refractivity contribution in [1.82, 2.24) is 19.6 Å². The SMILES string of the molecule is CCOC(=O)c1nn(-c2cccc(C#C[C@]3(O)CCN(C)C3=O)c2)c2c1CN(C(=O)OC(C)(C)C)CC2. The molecular weight excluding hydrogens is 476 g/mol. The van der Waals surface area contributed by atoms with Gasteiger partial charge in [-0.2, -0.15) is 5.10 Å². The summed E-state index contributed by atoms with van der Waals surface area (Å²) < 4.78 is 12.4. The van der Waals surface area contributed by atoms with Crippen molar-refractivity contribution in [3.05, 3.63) is 46.8 Å². The van der Waals surface area contributed by atoms with Gasteiger partial charge < -0.3 is 24.4 Å². The number of ether oxygens (including phenoxy) is 2. The minimum Gasteiger partial charge on any atom is -0.461 e. The van der Waals surface area contributed by atoms with E-state index in [0.717, 1.165) is 5.69 Å². The first-order valence-corrected chi connectivity index (χ1v) is 12.3. The highest BCUT2D eigenvalue weighted by molar-refractivity contribution is 5.91. The second kappa shape index (κ2) is 9.90. The van der Waals surface area contributed by atoms with Crippen molar-refractivity contribution in [3.63, 3.8) is 0 Å². The van der Waals surface area contributed by atoms with Crippen LogP contribution in [0.5, 0.6) is 0 Å². The highest BCUT2D eigenvalue weighted by Crippen LogP contribution is 2.28. The number of fused-ring (bicyclic) bond motifs is 1. The number of aliphatic hydroxyl groups is 1. The maximum absolute atomic E-state index is 12.8. The number of hydrogen-bond donors (Lipinski definition) is 1. The van der Waals surface area contributed by atoms with Crippen LogP contribution in [0.2, 0.25) is 0 Å². The van der Waals surface area contributed by atoms with Crippen molar-refractivity contribution in [2.45, 2.75) is 58.3 Å². The van der Waals surface area contributed by atoms with Gasteiger partial charge in [0, 0.05) is 44.1 Å². The van der Waals surface area contributed by atoms with E-state index in [0.29, 0.717) is 36.3 Å². The zero-order valence-corrected chi connectivity index (χ0v) is 21.8. The van der Waals surface area contributed by atoms with E-state index in [1.165, 1.54) is 4.90 Å². The number of likely N-dealkylation sites (N-methyl/N-ethyl adjacent to an activating group) is 1. The molecule has 0 spiro atoms. The Hall–Kier alpha value is -3.84. The first kappa shape index (κ1) is 26.2. The Morgan fingerprint density at radius 1 is 1.24 bits per heavy atom. The van der Waals surface area contributed by atoms with Crippen LogP contribution in [0.4, 0.5) is 4.79 Å². The highest BCUT2D eigenvalue weighted by atomic mass is 16.6. The molecule has 3 heterocycles. The maximum Gasteiger partial charge on any atom is 0.410 e. The number of likely N-dealkylation sites (tertiary alicyclic amines) is 1. The molecule has 10 heteroatoms. The van der Waals surface area contributed by atoms with Gasteiger partial charge in [0.15, 0.2) is 5.69 Å². The molecule has 2 aromatic rings. The largest absolute Gasteiger partial charge is 0.461 e. The molecule has 1 aromatic heterocycles. The molecule has 1 aromatic carbocycles. The highest BCUT2D eigenvalue weighted by Gasteiger charge is 2.42. The van der Waals surface area contributed by atoms with Crippen molar-refractivity contribution in [2.75, 3.05) is 26.7 Å². The van der Waals surface area contributed by atoms with Crippen molar-refractivity contribution < 1.29 is 29.0 Å². The van der Waals surface area contributed by atoms with Crippen molar-refractivity contribution in [1.29, 1.82) is 0 Å². The summed E-state index contributed by atoms with van der Waals surface area (Å²) >= 11 is 0. The van der Waals surface area contributed by atoms with E-state index in [2.05, 4.69) is 16.9 Å².